The molecule has 0 aromatic rings. The van der Waals surface area contributed by atoms with Crippen molar-refractivity contribution in [1.82, 2.24) is 0 Å². The van der Waals surface area contributed by atoms with Gasteiger partial charge in [-0.2, -0.15) is 0 Å². The Morgan fingerprint density at radius 1 is 1.60 bits per heavy atom. The van der Waals surface area contributed by atoms with E-state index in [2.05, 4.69) is 18.8 Å². The molecule has 0 spiro atoms. The second-order valence-electron chi connectivity index (χ2n) is 2.47. The second kappa shape index (κ2) is 6.35. The molecule has 0 saturated heterocycles. The predicted octanol–water partition coefficient (Wildman–Crippen LogP) is 2.02. The molecule has 0 aliphatic heterocycles. The van der Waals surface area contributed by atoms with E-state index in [0.717, 1.165) is 19.1 Å². The molecule has 0 aliphatic carbocycles. The van der Waals surface area contributed by atoms with Crippen LogP contribution in [0.5, 0.6) is 0 Å². The summed E-state index contributed by atoms with van der Waals surface area (Å²) in [5.41, 5.74) is 0. The van der Waals surface area contributed by atoms with Crippen LogP contribution in [-0.4, -0.2) is 6.29 Å². The van der Waals surface area contributed by atoms with E-state index in [1.54, 1.807) is 0 Å². The van der Waals surface area contributed by atoms with E-state index < -0.39 is 0 Å². The van der Waals surface area contributed by atoms with Crippen LogP contribution in [0.2, 0.25) is 0 Å². The normalized spacial score (nSPS) is 11.4. The summed E-state index contributed by atoms with van der Waals surface area (Å²) in [4.78, 5) is 10.0. The molecule has 0 bridgehead atoms. The molecule has 0 unspecified atom stereocenters. The zero-order valence-corrected chi connectivity index (χ0v) is 6.68. The van der Waals surface area contributed by atoms with Crippen LogP contribution in [0.25, 0.3) is 0 Å². The average molecular weight is 138 g/mol. The highest BCUT2D eigenvalue weighted by Gasteiger charge is 1.97. The van der Waals surface area contributed by atoms with Gasteiger partial charge in [0.15, 0.2) is 0 Å². The summed E-state index contributed by atoms with van der Waals surface area (Å²) in [6.45, 7) is 3.91. The van der Waals surface area contributed by atoms with Crippen LogP contribution in [0.3, 0.4) is 0 Å². The lowest BCUT2D eigenvalue weighted by molar-refractivity contribution is -0.108. The van der Waals surface area contributed by atoms with Crippen LogP contribution in [0.15, 0.2) is 0 Å². The van der Waals surface area contributed by atoms with Crippen LogP contribution in [0, 0.1) is 17.8 Å². The Morgan fingerprint density at radius 3 is 2.80 bits per heavy atom. The van der Waals surface area contributed by atoms with E-state index in [1.807, 2.05) is 6.92 Å². The van der Waals surface area contributed by atoms with Crippen molar-refractivity contribution in [3.05, 3.63) is 0 Å². The smallest absolute Gasteiger partial charge is 0.120 e. The lowest BCUT2D eigenvalue weighted by Crippen LogP contribution is -1.93. The quantitative estimate of drug-likeness (QED) is 0.429. The van der Waals surface area contributed by atoms with Crippen molar-refractivity contribution in [3.63, 3.8) is 0 Å². The molecule has 1 heteroatoms. The molecule has 0 saturated carbocycles. The highest BCUT2D eigenvalue weighted by Crippen LogP contribution is 2.06. The molecule has 1 nitrogen and oxygen atoms in total. The lowest BCUT2D eigenvalue weighted by Gasteiger charge is -2.01. The second-order valence-corrected chi connectivity index (χ2v) is 2.47. The fourth-order valence-corrected chi connectivity index (χ4v) is 0.726. The monoisotopic (exact) mass is 138 g/mol. The summed E-state index contributed by atoms with van der Waals surface area (Å²) in [5.74, 6) is 6.30. The van der Waals surface area contributed by atoms with Gasteiger partial charge in [0.05, 0.1) is 0 Å². The minimum atomic E-state index is 0.498. The maximum atomic E-state index is 10.0. The minimum Gasteiger partial charge on any atom is -0.303 e. The van der Waals surface area contributed by atoms with Gasteiger partial charge in [-0.05, 0) is 19.3 Å². The van der Waals surface area contributed by atoms with Gasteiger partial charge in [-0.25, -0.2) is 0 Å². The third-order valence-corrected chi connectivity index (χ3v) is 1.44. The maximum Gasteiger partial charge on any atom is 0.120 e. The van der Waals surface area contributed by atoms with Crippen LogP contribution >= 0.6 is 0 Å². The molecule has 0 fully saturated rings. The van der Waals surface area contributed by atoms with E-state index in [1.165, 1.54) is 0 Å². The van der Waals surface area contributed by atoms with Gasteiger partial charge in [-0.3, -0.25) is 0 Å². The van der Waals surface area contributed by atoms with Gasteiger partial charge >= 0.3 is 0 Å². The first-order valence-corrected chi connectivity index (χ1v) is 3.64. The molecule has 0 heterocycles. The number of hydrogen-bond acceptors (Lipinski definition) is 1. The van der Waals surface area contributed by atoms with Gasteiger partial charge in [-0.1, -0.05) is 6.92 Å². The van der Waals surface area contributed by atoms with Crippen molar-refractivity contribution in [1.29, 1.82) is 0 Å². The molecule has 10 heavy (non-hydrogen) atoms. The predicted molar refractivity (Wildman–Crippen MR) is 42.5 cm³/mol. The van der Waals surface area contributed by atoms with Crippen LogP contribution in [-0.2, 0) is 4.79 Å². The van der Waals surface area contributed by atoms with Crippen molar-refractivity contribution in [2.75, 3.05) is 0 Å². The lowest BCUT2D eigenvalue weighted by atomic mass is 10.0. The SMILES string of the molecule is CC#CCC[C@H](C)CC=O. The minimum absolute atomic E-state index is 0.498. The Hall–Kier alpha value is -0.770. The van der Waals surface area contributed by atoms with Crippen LogP contribution in [0.4, 0.5) is 0 Å². The molecule has 0 amide bonds. The number of carbonyl (C=O) groups is 1. The van der Waals surface area contributed by atoms with Gasteiger partial charge in [0.25, 0.3) is 0 Å². The van der Waals surface area contributed by atoms with E-state index in [-0.39, 0.29) is 0 Å². The first kappa shape index (κ1) is 9.23. The molecular formula is C9H14O. The number of aldehydes is 1. The van der Waals surface area contributed by atoms with Crippen molar-refractivity contribution in [3.8, 4) is 11.8 Å². The Bertz CT molecular complexity index is 139. The third-order valence-electron chi connectivity index (χ3n) is 1.44. The zero-order valence-electron chi connectivity index (χ0n) is 6.68. The van der Waals surface area contributed by atoms with Gasteiger partial charge in [0.1, 0.15) is 6.29 Å². The van der Waals surface area contributed by atoms with Gasteiger partial charge in [0.2, 0.25) is 0 Å². The molecule has 0 aromatic carbocycles. The van der Waals surface area contributed by atoms with Crippen LogP contribution in [0.1, 0.15) is 33.1 Å². The fourth-order valence-electron chi connectivity index (χ4n) is 0.726. The molecule has 0 aliphatic rings. The summed E-state index contributed by atoms with van der Waals surface area (Å²) in [6.07, 6.45) is 3.61. The molecule has 0 radical (unpaired) electrons. The molecule has 56 valence electrons. The van der Waals surface area contributed by atoms with Crippen molar-refractivity contribution in [2.45, 2.75) is 33.1 Å². The van der Waals surface area contributed by atoms with E-state index >= 15 is 0 Å². The zero-order chi connectivity index (χ0) is 7.82. The number of hydrogen-bond donors (Lipinski definition) is 0. The Kier molecular flexibility index (Phi) is 5.86. The van der Waals surface area contributed by atoms with E-state index in [9.17, 15) is 4.79 Å². The molecule has 1 atom stereocenters. The Balaban J connectivity index is 3.26. The van der Waals surface area contributed by atoms with Crippen molar-refractivity contribution in [2.24, 2.45) is 5.92 Å². The summed E-state index contributed by atoms with van der Waals surface area (Å²) in [7, 11) is 0. The molecule has 0 N–H and O–H groups in total. The van der Waals surface area contributed by atoms with Crippen molar-refractivity contribution >= 4 is 6.29 Å². The standard InChI is InChI=1S/C9H14O/c1-3-4-5-6-9(2)7-8-10/h8-9H,5-7H2,1-2H3/t9-/m0/s1. The van der Waals surface area contributed by atoms with E-state index in [4.69, 9.17) is 0 Å². The van der Waals surface area contributed by atoms with Gasteiger partial charge in [0, 0.05) is 12.8 Å². The highest BCUT2D eigenvalue weighted by atomic mass is 16.1. The highest BCUT2D eigenvalue weighted by molar-refractivity contribution is 5.49. The molecule has 0 rings (SSSR count). The summed E-state index contributed by atoms with van der Waals surface area (Å²) < 4.78 is 0. The van der Waals surface area contributed by atoms with E-state index in [0.29, 0.717) is 12.3 Å². The number of rotatable bonds is 4. The average Bonchev–Trinajstić information content (AvgIpc) is 1.89. The summed E-state index contributed by atoms with van der Waals surface area (Å²) in [5, 5.41) is 0. The number of carbonyl (C=O) groups excluding carboxylic acids is 1. The Labute approximate surface area is 62.8 Å². The third kappa shape index (κ3) is 5.37. The topological polar surface area (TPSA) is 17.1 Å². The summed E-state index contributed by atoms with van der Waals surface area (Å²) in [6, 6.07) is 0. The van der Waals surface area contributed by atoms with Gasteiger partial charge < -0.3 is 4.79 Å². The van der Waals surface area contributed by atoms with Gasteiger partial charge in [-0.15, -0.1) is 11.8 Å². The largest absolute Gasteiger partial charge is 0.303 e. The first-order chi connectivity index (χ1) is 4.81. The Morgan fingerprint density at radius 2 is 2.30 bits per heavy atom. The van der Waals surface area contributed by atoms with Crippen molar-refractivity contribution < 1.29 is 4.79 Å². The fraction of sp³-hybridized carbons (Fsp3) is 0.667. The maximum absolute atomic E-state index is 10.0. The first-order valence-electron chi connectivity index (χ1n) is 3.64. The summed E-state index contributed by atoms with van der Waals surface area (Å²) >= 11 is 0. The van der Waals surface area contributed by atoms with Crippen LogP contribution < -0.4 is 0 Å². The molecular weight excluding hydrogens is 124 g/mol. The molecule has 0 aromatic heterocycles.